The van der Waals surface area contributed by atoms with Gasteiger partial charge in [0.2, 0.25) is 15.9 Å². The fraction of sp³-hybridized carbons (Fsp3) is 0.720. The molecule has 0 saturated heterocycles. The van der Waals surface area contributed by atoms with E-state index in [2.05, 4.69) is 19.1 Å². The summed E-state index contributed by atoms with van der Waals surface area (Å²) in [4.78, 5) is 12.7. The number of hydrogen-bond acceptors (Lipinski definition) is 7. The Morgan fingerprint density at radius 1 is 1.09 bits per heavy atom. The second kappa shape index (κ2) is 13.3. The van der Waals surface area contributed by atoms with Gasteiger partial charge in [-0.05, 0) is 69.4 Å². The van der Waals surface area contributed by atoms with Crippen LogP contribution in [0.15, 0.2) is 29.2 Å². The number of aryl methyl sites for hydroxylation is 1. The highest BCUT2D eigenvalue weighted by molar-refractivity contribution is 7.99. The molecule has 1 fully saturated rings. The highest BCUT2D eigenvalue weighted by Gasteiger charge is 2.41. The van der Waals surface area contributed by atoms with E-state index < -0.39 is 33.7 Å². The second-order valence-corrected chi connectivity index (χ2v) is 12.8. The lowest BCUT2D eigenvalue weighted by molar-refractivity contribution is -0.119. The Bertz CT molecular complexity index is 889. The zero-order valence-electron chi connectivity index (χ0n) is 20.6. The first kappa shape index (κ1) is 29.1. The van der Waals surface area contributed by atoms with Gasteiger partial charge >= 0.3 is 0 Å². The molecule has 1 aromatic carbocycles. The summed E-state index contributed by atoms with van der Waals surface area (Å²) in [6.45, 7) is 3.90. The minimum Gasteiger partial charge on any atom is -0.393 e. The van der Waals surface area contributed by atoms with Gasteiger partial charge in [0.05, 0.1) is 24.1 Å². The van der Waals surface area contributed by atoms with Crippen LogP contribution in [-0.4, -0.2) is 59.5 Å². The molecule has 9 heteroatoms. The van der Waals surface area contributed by atoms with Gasteiger partial charge in [-0.2, -0.15) is 0 Å². The van der Waals surface area contributed by atoms with E-state index in [0.29, 0.717) is 31.4 Å². The molecular weight excluding hydrogens is 474 g/mol. The lowest BCUT2D eigenvalue weighted by atomic mass is 9.83. The summed E-state index contributed by atoms with van der Waals surface area (Å²) in [5.74, 6) is 0.0548. The second-order valence-electron chi connectivity index (χ2n) is 10.0. The molecule has 1 saturated carbocycles. The number of aliphatic hydroxyl groups is 3. The minimum absolute atomic E-state index is 0.00311. The zero-order chi connectivity index (χ0) is 25.4. The monoisotopic (exact) mass is 515 g/mol. The van der Waals surface area contributed by atoms with Crippen molar-refractivity contribution in [2.45, 2.75) is 94.3 Å². The normalized spacial score (nSPS) is 24.6. The van der Waals surface area contributed by atoms with Crippen molar-refractivity contribution >= 4 is 27.7 Å². The van der Waals surface area contributed by atoms with Gasteiger partial charge in [-0.15, -0.1) is 11.8 Å². The Hall–Kier alpha value is -1.13. The number of carbonyl (C=O) groups excluding carboxylic acids is 1. The number of nitrogens with one attached hydrogen (secondary N) is 1. The first-order valence-corrected chi connectivity index (χ1v) is 15.0. The predicted molar refractivity (Wildman–Crippen MR) is 136 cm³/mol. The summed E-state index contributed by atoms with van der Waals surface area (Å²) in [6.07, 6.45) is 5.61. The predicted octanol–water partition coefficient (Wildman–Crippen LogP) is 3.39. The first-order valence-electron chi connectivity index (χ1n) is 12.2. The van der Waals surface area contributed by atoms with Gasteiger partial charge in [0, 0.05) is 17.1 Å². The summed E-state index contributed by atoms with van der Waals surface area (Å²) in [5.41, 5.74) is 0.325. The lowest BCUT2D eigenvalue weighted by Crippen LogP contribution is -2.31. The van der Waals surface area contributed by atoms with Crippen LogP contribution in [0.1, 0.15) is 70.3 Å². The van der Waals surface area contributed by atoms with Gasteiger partial charge in [0.25, 0.3) is 0 Å². The number of benzene rings is 1. The molecule has 1 aromatic rings. The van der Waals surface area contributed by atoms with E-state index >= 15 is 0 Å². The van der Waals surface area contributed by atoms with Gasteiger partial charge < -0.3 is 15.3 Å². The molecule has 0 heterocycles. The van der Waals surface area contributed by atoms with Crippen molar-refractivity contribution in [3.05, 3.63) is 29.8 Å². The Morgan fingerprint density at radius 2 is 1.71 bits per heavy atom. The summed E-state index contributed by atoms with van der Waals surface area (Å²) in [5, 5.41) is 31.9. The van der Waals surface area contributed by atoms with Crippen LogP contribution in [0.3, 0.4) is 0 Å². The first-order chi connectivity index (χ1) is 15.9. The molecule has 0 radical (unpaired) electrons. The largest absolute Gasteiger partial charge is 0.393 e. The number of sulfonamides is 1. The SMILES string of the molecule is Cc1ccccc1SCC(C)(O)CC[C@H]1C(O)CC(O)C1CCCCCCC(=O)NS(C)(=O)=O. The van der Waals surface area contributed by atoms with E-state index in [1.54, 1.807) is 11.8 Å². The number of carbonyl (C=O) groups is 1. The minimum atomic E-state index is -3.51. The maximum Gasteiger partial charge on any atom is 0.233 e. The number of unbranched alkanes of at least 4 members (excludes halogenated alkanes) is 3. The fourth-order valence-corrected chi connectivity index (χ4v) is 6.36. The van der Waals surface area contributed by atoms with E-state index in [-0.39, 0.29) is 18.3 Å². The standard InChI is InChI=1S/C25H41NO6S2/c1-18-10-8-9-12-23(18)33-17-25(2,30)15-14-20-19(21(27)16-22(20)28)11-6-4-5-7-13-24(29)26-34(3,31)32/h8-10,12,19-22,27-28,30H,4-7,11,13-17H2,1-3H3,(H,26,29)/t19?,20-,21?,22?,25?/m1/s1. The highest BCUT2D eigenvalue weighted by atomic mass is 32.2. The van der Waals surface area contributed by atoms with E-state index in [4.69, 9.17) is 0 Å². The van der Waals surface area contributed by atoms with Crippen LogP contribution in [0, 0.1) is 18.8 Å². The Labute approximate surface area is 208 Å². The highest BCUT2D eigenvalue weighted by Crippen LogP contribution is 2.40. The van der Waals surface area contributed by atoms with Crippen molar-refractivity contribution < 1.29 is 28.5 Å². The van der Waals surface area contributed by atoms with Crippen LogP contribution in [0.2, 0.25) is 0 Å². The molecule has 4 N–H and O–H groups in total. The number of rotatable bonds is 14. The molecule has 1 amide bonds. The maximum atomic E-state index is 11.5. The topological polar surface area (TPSA) is 124 Å². The molecule has 7 nitrogen and oxygen atoms in total. The smallest absolute Gasteiger partial charge is 0.233 e. The van der Waals surface area contributed by atoms with Crippen LogP contribution >= 0.6 is 11.8 Å². The lowest BCUT2D eigenvalue weighted by Gasteiger charge is -2.29. The Kier molecular flexibility index (Phi) is 11.3. The molecule has 0 bridgehead atoms. The number of aliphatic hydroxyl groups excluding tert-OH is 2. The van der Waals surface area contributed by atoms with Crippen molar-refractivity contribution in [3.63, 3.8) is 0 Å². The third-order valence-corrected chi connectivity index (χ3v) is 8.79. The van der Waals surface area contributed by atoms with Crippen molar-refractivity contribution in [3.8, 4) is 0 Å². The van der Waals surface area contributed by atoms with E-state index in [9.17, 15) is 28.5 Å². The van der Waals surface area contributed by atoms with Gasteiger partial charge in [-0.1, -0.05) is 37.5 Å². The average molecular weight is 516 g/mol. The summed E-state index contributed by atoms with van der Waals surface area (Å²) in [6, 6.07) is 8.11. The van der Waals surface area contributed by atoms with E-state index in [1.165, 1.54) is 5.56 Å². The molecule has 5 atom stereocenters. The third kappa shape index (κ3) is 10.2. The van der Waals surface area contributed by atoms with Crippen LogP contribution in [0.4, 0.5) is 0 Å². The summed E-state index contributed by atoms with van der Waals surface area (Å²) >= 11 is 1.64. The van der Waals surface area contributed by atoms with Crippen LogP contribution in [0.25, 0.3) is 0 Å². The molecule has 194 valence electrons. The molecule has 4 unspecified atom stereocenters. The molecule has 2 rings (SSSR count). The van der Waals surface area contributed by atoms with Gasteiger partial charge in [0.1, 0.15) is 0 Å². The number of amides is 1. The van der Waals surface area contributed by atoms with Gasteiger partial charge in [-0.25, -0.2) is 8.42 Å². The maximum absolute atomic E-state index is 11.5. The van der Waals surface area contributed by atoms with Gasteiger partial charge in [-0.3, -0.25) is 9.52 Å². The van der Waals surface area contributed by atoms with Crippen LogP contribution in [0.5, 0.6) is 0 Å². The molecular formula is C25H41NO6S2. The van der Waals surface area contributed by atoms with E-state index in [1.807, 2.05) is 23.8 Å². The summed E-state index contributed by atoms with van der Waals surface area (Å²) in [7, 11) is -3.51. The molecule has 34 heavy (non-hydrogen) atoms. The van der Waals surface area contributed by atoms with Crippen molar-refractivity contribution in [1.29, 1.82) is 0 Å². The quantitative estimate of drug-likeness (QED) is 0.221. The molecule has 0 aromatic heterocycles. The third-order valence-electron chi connectivity index (χ3n) is 6.66. The number of thioether (sulfide) groups is 1. The van der Waals surface area contributed by atoms with Crippen molar-refractivity contribution in [1.82, 2.24) is 4.72 Å². The molecule has 1 aliphatic rings. The molecule has 1 aliphatic carbocycles. The van der Waals surface area contributed by atoms with Crippen molar-refractivity contribution in [2.75, 3.05) is 12.0 Å². The Balaban J connectivity index is 1.74. The van der Waals surface area contributed by atoms with Crippen LogP contribution < -0.4 is 4.72 Å². The molecule has 0 spiro atoms. The Morgan fingerprint density at radius 3 is 2.35 bits per heavy atom. The molecule has 0 aliphatic heterocycles. The van der Waals surface area contributed by atoms with E-state index in [0.717, 1.165) is 36.8 Å². The average Bonchev–Trinajstić information content (AvgIpc) is 2.99. The van der Waals surface area contributed by atoms with Crippen LogP contribution in [-0.2, 0) is 14.8 Å². The zero-order valence-corrected chi connectivity index (χ0v) is 22.2. The fourth-order valence-electron chi connectivity index (χ4n) is 4.76. The van der Waals surface area contributed by atoms with Gasteiger partial charge in [0.15, 0.2) is 0 Å². The summed E-state index contributed by atoms with van der Waals surface area (Å²) < 4.78 is 24.1. The van der Waals surface area contributed by atoms with Crippen molar-refractivity contribution in [2.24, 2.45) is 11.8 Å². The number of hydrogen-bond donors (Lipinski definition) is 4.